The van der Waals surface area contributed by atoms with E-state index in [4.69, 9.17) is 16.6 Å². The summed E-state index contributed by atoms with van der Waals surface area (Å²) in [6.45, 7) is -0.610. The van der Waals surface area contributed by atoms with E-state index in [9.17, 15) is 33.9 Å². The van der Waals surface area contributed by atoms with Crippen LogP contribution in [0.3, 0.4) is 0 Å². The normalized spacial score (nSPS) is 13.4. The molecule has 14 heteroatoms. The Kier molecular flexibility index (Phi) is 12.8. The summed E-state index contributed by atoms with van der Waals surface area (Å²) in [5.74, 6) is -5.34. The van der Waals surface area contributed by atoms with E-state index in [1.54, 1.807) is 6.26 Å². The zero-order chi connectivity index (χ0) is 23.3. The first-order chi connectivity index (χ1) is 14.0. The SMILES string of the molecule is CSCCC(NC(=O)C(CCC(N)=O)NC(=O)CNC(=O)C(N)CC(=O)O)C(=O)O. The number of carboxylic acids is 2. The van der Waals surface area contributed by atoms with E-state index in [2.05, 4.69) is 16.0 Å². The first kappa shape index (κ1) is 27.1. The Balaban J connectivity index is 4.94. The number of amides is 4. The van der Waals surface area contributed by atoms with Crippen molar-refractivity contribution in [1.29, 1.82) is 0 Å². The maximum absolute atomic E-state index is 12.4. The van der Waals surface area contributed by atoms with Gasteiger partial charge in [0.05, 0.1) is 19.0 Å². The van der Waals surface area contributed by atoms with Crippen LogP contribution in [0.5, 0.6) is 0 Å². The summed E-state index contributed by atoms with van der Waals surface area (Å²) >= 11 is 1.39. The molecule has 0 heterocycles. The molecular weight excluding hydrogens is 422 g/mol. The molecule has 0 aromatic heterocycles. The predicted octanol–water partition coefficient (Wildman–Crippen LogP) is -3.02. The lowest BCUT2D eigenvalue weighted by atomic mass is 10.1. The second-order valence-corrected chi connectivity index (χ2v) is 7.21. The minimum atomic E-state index is -1.36. The Morgan fingerprint density at radius 1 is 0.967 bits per heavy atom. The van der Waals surface area contributed by atoms with Crippen molar-refractivity contribution in [3.63, 3.8) is 0 Å². The van der Waals surface area contributed by atoms with E-state index in [1.165, 1.54) is 11.8 Å². The molecule has 170 valence electrons. The zero-order valence-electron chi connectivity index (χ0n) is 16.4. The van der Waals surface area contributed by atoms with Crippen molar-refractivity contribution in [2.75, 3.05) is 18.6 Å². The molecule has 0 bridgehead atoms. The van der Waals surface area contributed by atoms with E-state index < -0.39 is 66.7 Å². The van der Waals surface area contributed by atoms with Crippen LogP contribution in [0, 0.1) is 0 Å². The Hall–Kier alpha value is -2.87. The lowest BCUT2D eigenvalue weighted by molar-refractivity contribution is -0.142. The molecule has 0 aliphatic heterocycles. The number of carboxylic acid groups (broad SMARTS) is 2. The number of rotatable bonds is 15. The number of nitrogens with one attached hydrogen (secondary N) is 3. The minimum Gasteiger partial charge on any atom is -0.481 e. The largest absolute Gasteiger partial charge is 0.481 e. The first-order valence-electron chi connectivity index (χ1n) is 8.82. The van der Waals surface area contributed by atoms with Crippen LogP contribution < -0.4 is 27.4 Å². The fourth-order valence-corrected chi connectivity index (χ4v) is 2.62. The minimum absolute atomic E-state index is 0.149. The zero-order valence-corrected chi connectivity index (χ0v) is 17.2. The molecule has 13 nitrogen and oxygen atoms in total. The molecular formula is C16H27N5O8S. The molecule has 4 amide bonds. The van der Waals surface area contributed by atoms with Gasteiger partial charge in [-0.2, -0.15) is 11.8 Å². The van der Waals surface area contributed by atoms with Crippen molar-refractivity contribution in [2.24, 2.45) is 11.5 Å². The van der Waals surface area contributed by atoms with Crippen molar-refractivity contribution < 1.29 is 39.0 Å². The topological polar surface area (TPSA) is 231 Å². The van der Waals surface area contributed by atoms with Crippen molar-refractivity contribution in [3.05, 3.63) is 0 Å². The molecule has 0 spiro atoms. The number of nitrogens with two attached hydrogens (primary N) is 2. The van der Waals surface area contributed by atoms with Crippen LogP contribution in [0.15, 0.2) is 0 Å². The summed E-state index contributed by atoms with van der Waals surface area (Å²) in [7, 11) is 0. The third-order valence-corrected chi connectivity index (χ3v) is 4.35. The molecule has 0 radical (unpaired) electrons. The number of thioether (sulfide) groups is 1. The van der Waals surface area contributed by atoms with Gasteiger partial charge in [0.1, 0.15) is 12.1 Å². The average molecular weight is 449 g/mol. The highest BCUT2D eigenvalue weighted by Gasteiger charge is 2.27. The molecule has 0 aromatic carbocycles. The van der Waals surface area contributed by atoms with Crippen LogP contribution in [-0.2, 0) is 28.8 Å². The number of carbonyl (C=O) groups excluding carboxylic acids is 4. The summed E-state index contributed by atoms with van der Waals surface area (Å²) in [4.78, 5) is 69.0. The van der Waals surface area contributed by atoms with Crippen LogP contribution in [-0.4, -0.2) is 82.5 Å². The molecule has 0 aliphatic carbocycles. The highest BCUT2D eigenvalue weighted by molar-refractivity contribution is 7.98. The standard InChI is InChI=1S/C16H27N5O8S/c1-30-5-4-10(16(28)29)21-15(27)9(2-3-11(18)22)20-12(23)7-19-14(26)8(17)6-13(24)25/h8-10H,2-7,17H2,1H3,(H2,18,22)(H,19,26)(H,20,23)(H,21,27)(H,24,25)(H,28,29). The number of hydrogen-bond donors (Lipinski definition) is 7. The Labute approximate surface area is 176 Å². The quantitative estimate of drug-likeness (QED) is 0.134. The van der Waals surface area contributed by atoms with E-state index >= 15 is 0 Å². The van der Waals surface area contributed by atoms with Crippen LogP contribution in [0.2, 0.25) is 0 Å². The van der Waals surface area contributed by atoms with E-state index in [0.717, 1.165) is 0 Å². The van der Waals surface area contributed by atoms with Crippen LogP contribution in [0.1, 0.15) is 25.7 Å². The number of primary amides is 1. The second-order valence-electron chi connectivity index (χ2n) is 6.23. The van der Waals surface area contributed by atoms with Crippen LogP contribution in [0.25, 0.3) is 0 Å². The molecule has 0 saturated carbocycles. The van der Waals surface area contributed by atoms with Gasteiger partial charge in [0, 0.05) is 6.42 Å². The van der Waals surface area contributed by atoms with Crippen molar-refractivity contribution in [1.82, 2.24) is 16.0 Å². The third-order valence-electron chi connectivity index (χ3n) is 3.71. The van der Waals surface area contributed by atoms with E-state index in [-0.39, 0.29) is 19.3 Å². The molecule has 9 N–H and O–H groups in total. The maximum Gasteiger partial charge on any atom is 0.326 e. The smallest absolute Gasteiger partial charge is 0.326 e. The van der Waals surface area contributed by atoms with Gasteiger partial charge in [0.25, 0.3) is 0 Å². The molecule has 3 unspecified atom stereocenters. The summed E-state index contributed by atoms with van der Waals surface area (Å²) in [5.41, 5.74) is 10.4. The van der Waals surface area contributed by atoms with Gasteiger partial charge in [-0.1, -0.05) is 0 Å². The van der Waals surface area contributed by atoms with Gasteiger partial charge in [0.15, 0.2) is 0 Å². The van der Waals surface area contributed by atoms with Gasteiger partial charge in [-0.05, 0) is 24.9 Å². The van der Waals surface area contributed by atoms with E-state index in [0.29, 0.717) is 5.75 Å². The molecule has 30 heavy (non-hydrogen) atoms. The molecule has 0 saturated heterocycles. The third kappa shape index (κ3) is 11.9. The van der Waals surface area contributed by atoms with Gasteiger partial charge in [-0.3, -0.25) is 24.0 Å². The van der Waals surface area contributed by atoms with E-state index in [1.807, 2.05) is 0 Å². The average Bonchev–Trinajstić information content (AvgIpc) is 2.65. The monoisotopic (exact) mass is 449 g/mol. The lowest BCUT2D eigenvalue weighted by Gasteiger charge is -2.21. The Morgan fingerprint density at radius 3 is 2.10 bits per heavy atom. The van der Waals surface area contributed by atoms with Crippen molar-refractivity contribution in [2.45, 2.75) is 43.8 Å². The molecule has 0 rings (SSSR count). The number of carbonyl (C=O) groups is 6. The molecule has 3 atom stereocenters. The Bertz CT molecular complexity index is 660. The van der Waals surface area contributed by atoms with Gasteiger partial charge in [-0.25, -0.2) is 4.79 Å². The summed E-state index contributed by atoms with van der Waals surface area (Å²) in [6.07, 6.45) is 0.845. The van der Waals surface area contributed by atoms with Gasteiger partial charge in [-0.15, -0.1) is 0 Å². The number of aliphatic carboxylic acids is 2. The molecule has 0 aliphatic rings. The Morgan fingerprint density at radius 2 is 1.60 bits per heavy atom. The van der Waals surface area contributed by atoms with Crippen molar-refractivity contribution in [3.8, 4) is 0 Å². The van der Waals surface area contributed by atoms with Gasteiger partial charge < -0.3 is 37.6 Å². The fraction of sp³-hybridized carbons (Fsp3) is 0.625. The fourth-order valence-electron chi connectivity index (χ4n) is 2.15. The maximum atomic E-state index is 12.4. The predicted molar refractivity (Wildman–Crippen MR) is 106 cm³/mol. The summed E-state index contributed by atoms with van der Waals surface area (Å²) < 4.78 is 0. The molecule has 0 fully saturated rings. The summed E-state index contributed by atoms with van der Waals surface area (Å²) in [6, 6.07) is -3.82. The van der Waals surface area contributed by atoms with Gasteiger partial charge in [0.2, 0.25) is 23.6 Å². The summed E-state index contributed by atoms with van der Waals surface area (Å²) in [5, 5.41) is 24.5. The highest BCUT2D eigenvalue weighted by atomic mass is 32.2. The van der Waals surface area contributed by atoms with Crippen LogP contribution >= 0.6 is 11.8 Å². The number of hydrogen-bond acceptors (Lipinski definition) is 8. The van der Waals surface area contributed by atoms with Crippen LogP contribution in [0.4, 0.5) is 0 Å². The lowest BCUT2D eigenvalue weighted by Crippen LogP contribution is -2.54. The first-order valence-corrected chi connectivity index (χ1v) is 10.2. The highest BCUT2D eigenvalue weighted by Crippen LogP contribution is 2.04. The van der Waals surface area contributed by atoms with Crippen molar-refractivity contribution >= 4 is 47.3 Å². The van der Waals surface area contributed by atoms with Gasteiger partial charge >= 0.3 is 11.9 Å². The molecule has 0 aromatic rings. The second kappa shape index (κ2) is 14.2.